The van der Waals surface area contributed by atoms with Crippen LogP contribution >= 0.6 is 0 Å². The number of hydrogen-bond donors (Lipinski definition) is 1. The number of rotatable bonds is 1. The van der Waals surface area contributed by atoms with Gasteiger partial charge in [0, 0.05) is 37.6 Å². The summed E-state index contributed by atoms with van der Waals surface area (Å²) in [7, 11) is 2.18. The Kier molecular flexibility index (Phi) is 2.56. The Morgan fingerprint density at radius 1 is 1.22 bits per heavy atom. The van der Waals surface area contributed by atoms with E-state index in [1.165, 1.54) is 16.8 Å². The second kappa shape index (κ2) is 3.89. The van der Waals surface area contributed by atoms with E-state index in [9.17, 15) is 0 Å². The highest BCUT2D eigenvalue weighted by Crippen LogP contribution is 2.38. The Bertz CT molecular complexity index is 471. The third kappa shape index (κ3) is 1.97. The van der Waals surface area contributed by atoms with E-state index in [4.69, 9.17) is 5.73 Å². The van der Waals surface area contributed by atoms with Crippen molar-refractivity contribution in [3.8, 4) is 0 Å². The third-order valence-electron chi connectivity index (χ3n) is 4.10. The summed E-state index contributed by atoms with van der Waals surface area (Å²) < 4.78 is 0. The molecule has 0 radical (unpaired) electrons. The number of benzene rings is 1. The summed E-state index contributed by atoms with van der Waals surface area (Å²) in [5.74, 6) is 0. The smallest absolute Gasteiger partial charge is 0.0423 e. The van der Waals surface area contributed by atoms with E-state index in [0.717, 1.165) is 38.3 Å². The van der Waals surface area contributed by atoms with Crippen molar-refractivity contribution in [2.45, 2.75) is 26.8 Å². The second-order valence-electron chi connectivity index (χ2n) is 6.69. The molecular weight excluding hydrogens is 222 g/mol. The first-order valence-electron chi connectivity index (χ1n) is 6.79. The van der Waals surface area contributed by atoms with E-state index in [-0.39, 0.29) is 0 Å². The van der Waals surface area contributed by atoms with Crippen molar-refractivity contribution in [2.24, 2.45) is 5.41 Å². The molecule has 0 spiro atoms. The monoisotopic (exact) mass is 245 g/mol. The Balaban J connectivity index is 1.95. The summed E-state index contributed by atoms with van der Waals surface area (Å²) in [6.45, 7) is 9.15. The van der Waals surface area contributed by atoms with Gasteiger partial charge in [-0.05, 0) is 42.1 Å². The number of nitrogen functional groups attached to an aromatic ring is 1. The quantitative estimate of drug-likeness (QED) is 0.769. The molecule has 1 saturated heterocycles. The molecule has 2 aliphatic heterocycles. The van der Waals surface area contributed by atoms with Crippen LogP contribution in [-0.2, 0) is 13.0 Å². The molecule has 0 unspecified atom stereocenters. The highest BCUT2D eigenvalue weighted by molar-refractivity contribution is 5.66. The van der Waals surface area contributed by atoms with Gasteiger partial charge in [0.05, 0.1) is 0 Å². The SMILES string of the molecule is CN1CCc2c(cc(N)cc2N2CC(C)(C)C2)C1. The number of likely N-dealkylation sites (N-methyl/N-ethyl adjacent to an activating group) is 1. The van der Waals surface area contributed by atoms with Crippen LogP contribution in [0.5, 0.6) is 0 Å². The lowest BCUT2D eigenvalue weighted by Gasteiger charge is -2.48. The topological polar surface area (TPSA) is 32.5 Å². The van der Waals surface area contributed by atoms with Crippen LogP contribution in [0.4, 0.5) is 11.4 Å². The minimum Gasteiger partial charge on any atom is -0.399 e. The average Bonchev–Trinajstić information content (AvgIpc) is 2.23. The average molecular weight is 245 g/mol. The van der Waals surface area contributed by atoms with Gasteiger partial charge in [0.15, 0.2) is 0 Å². The predicted octanol–water partition coefficient (Wildman–Crippen LogP) is 2.10. The lowest BCUT2D eigenvalue weighted by molar-refractivity contribution is 0.273. The molecule has 18 heavy (non-hydrogen) atoms. The lowest BCUT2D eigenvalue weighted by Crippen LogP contribution is -2.53. The molecule has 0 aliphatic carbocycles. The van der Waals surface area contributed by atoms with Crippen LogP contribution in [0.2, 0.25) is 0 Å². The van der Waals surface area contributed by atoms with Crippen LogP contribution in [0.15, 0.2) is 12.1 Å². The lowest BCUT2D eigenvalue weighted by atomic mass is 9.83. The summed E-state index contributed by atoms with van der Waals surface area (Å²) in [5, 5.41) is 0. The number of nitrogens with two attached hydrogens (primary N) is 1. The molecule has 98 valence electrons. The molecule has 2 aliphatic rings. The van der Waals surface area contributed by atoms with Crippen molar-refractivity contribution >= 4 is 11.4 Å². The summed E-state index contributed by atoms with van der Waals surface area (Å²) >= 11 is 0. The first kappa shape index (κ1) is 11.8. The Morgan fingerprint density at radius 2 is 1.94 bits per heavy atom. The molecule has 0 atom stereocenters. The molecule has 0 aromatic heterocycles. The van der Waals surface area contributed by atoms with Crippen molar-refractivity contribution in [3.05, 3.63) is 23.3 Å². The summed E-state index contributed by atoms with van der Waals surface area (Å²) in [5.41, 5.74) is 11.8. The number of anilines is 2. The molecule has 2 heterocycles. The zero-order valence-corrected chi connectivity index (χ0v) is 11.7. The van der Waals surface area contributed by atoms with Gasteiger partial charge in [-0.15, -0.1) is 0 Å². The summed E-state index contributed by atoms with van der Waals surface area (Å²) in [4.78, 5) is 4.85. The van der Waals surface area contributed by atoms with Gasteiger partial charge >= 0.3 is 0 Å². The standard InChI is InChI=1S/C15H23N3/c1-15(2)9-18(10-15)14-7-12(16)6-11-8-17(3)5-4-13(11)14/h6-7H,4-5,8-10,16H2,1-3H3. The predicted molar refractivity (Wildman–Crippen MR) is 76.9 cm³/mol. The van der Waals surface area contributed by atoms with Crippen LogP contribution < -0.4 is 10.6 Å². The molecule has 0 amide bonds. The van der Waals surface area contributed by atoms with Crippen LogP contribution in [-0.4, -0.2) is 31.6 Å². The molecule has 1 aromatic carbocycles. The molecule has 1 aromatic rings. The van der Waals surface area contributed by atoms with Gasteiger partial charge in [-0.3, -0.25) is 0 Å². The van der Waals surface area contributed by atoms with E-state index in [0.29, 0.717) is 5.41 Å². The maximum absolute atomic E-state index is 6.07. The zero-order valence-electron chi connectivity index (χ0n) is 11.7. The zero-order chi connectivity index (χ0) is 12.9. The Hall–Kier alpha value is -1.22. The van der Waals surface area contributed by atoms with Crippen molar-refractivity contribution in [1.29, 1.82) is 0 Å². The van der Waals surface area contributed by atoms with Crippen LogP contribution in [0, 0.1) is 5.41 Å². The number of fused-ring (bicyclic) bond motifs is 1. The van der Waals surface area contributed by atoms with Crippen LogP contribution in [0.25, 0.3) is 0 Å². The molecule has 1 fully saturated rings. The van der Waals surface area contributed by atoms with Gasteiger partial charge in [-0.25, -0.2) is 0 Å². The fourth-order valence-corrected chi connectivity index (χ4v) is 3.28. The summed E-state index contributed by atoms with van der Waals surface area (Å²) in [6.07, 6.45) is 1.15. The van der Waals surface area contributed by atoms with Gasteiger partial charge in [-0.2, -0.15) is 0 Å². The molecule has 2 N–H and O–H groups in total. The minimum absolute atomic E-state index is 0.461. The maximum Gasteiger partial charge on any atom is 0.0423 e. The molecular formula is C15H23N3. The van der Waals surface area contributed by atoms with Crippen molar-refractivity contribution in [1.82, 2.24) is 4.90 Å². The highest BCUT2D eigenvalue weighted by Gasteiger charge is 2.35. The highest BCUT2D eigenvalue weighted by atomic mass is 15.2. The van der Waals surface area contributed by atoms with E-state index < -0.39 is 0 Å². The maximum atomic E-state index is 6.07. The van der Waals surface area contributed by atoms with Gasteiger partial charge in [0.25, 0.3) is 0 Å². The van der Waals surface area contributed by atoms with Gasteiger partial charge < -0.3 is 15.5 Å². The van der Waals surface area contributed by atoms with E-state index in [1.54, 1.807) is 0 Å². The normalized spacial score (nSPS) is 22.5. The van der Waals surface area contributed by atoms with E-state index >= 15 is 0 Å². The molecule has 3 nitrogen and oxygen atoms in total. The molecule has 0 bridgehead atoms. The molecule has 0 saturated carbocycles. The van der Waals surface area contributed by atoms with Crippen LogP contribution in [0.3, 0.4) is 0 Å². The first-order valence-corrected chi connectivity index (χ1v) is 6.79. The third-order valence-corrected chi connectivity index (χ3v) is 4.10. The van der Waals surface area contributed by atoms with Crippen LogP contribution in [0.1, 0.15) is 25.0 Å². The summed E-state index contributed by atoms with van der Waals surface area (Å²) in [6, 6.07) is 4.32. The first-order chi connectivity index (χ1) is 8.44. The van der Waals surface area contributed by atoms with Gasteiger partial charge in [0.2, 0.25) is 0 Å². The van der Waals surface area contributed by atoms with E-state index in [1.807, 2.05) is 0 Å². The van der Waals surface area contributed by atoms with Crippen molar-refractivity contribution < 1.29 is 0 Å². The largest absolute Gasteiger partial charge is 0.399 e. The van der Waals surface area contributed by atoms with Crippen molar-refractivity contribution in [3.63, 3.8) is 0 Å². The number of nitrogens with zero attached hydrogens (tertiary/aromatic N) is 2. The Morgan fingerprint density at radius 3 is 2.61 bits per heavy atom. The Labute approximate surface area is 110 Å². The van der Waals surface area contributed by atoms with Gasteiger partial charge in [-0.1, -0.05) is 13.8 Å². The molecule has 3 rings (SSSR count). The fourth-order valence-electron chi connectivity index (χ4n) is 3.28. The minimum atomic E-state index is 0.461. The van der Waals surface area contributed by atoms with Crippen molar-refractivity contribution in [2.75, 3.05) is 37.3 Å². The number of hydrogen-bond acceptors (Lipinski definition) is 3. The fraction of sp³-hybridized carbons (Fsp3) is 0.600. The van der Waals surface area contributed by atoms with E-state index in [2.05, 4.69) is 42.8 Å². The second-order valence-corrected chi connectivity index (χ2v) is 6.69. The molecule has 3 heteroatoms. The van der Waals surface area contributed by atoms with Gasteiger partial charge in [0.1, 0.15) is 0 Å².